The number of piperidine rings is 1. The second kappa shape index (κ2) is 8.92. The van der Waals surface area contributed by atoms with Crippen LogP contribution in [0.2, 0.25) is 0 Å². The number of piperazine rings is 1. The van der Waals surface area contributed by atoms with Crippen molar-refractivity contribution >= 4 is 12.4 Å². The van der Waals surface area contributed by atoms with Crippen LogP contribution in [-0.4, -0.2) is 65.2 Å². The number of hydrogen-bond acceptors (Lipinski definition) is 4. The summed E-state index contributed by atoms with van der Waals surface area (Å²) in [7, 11) is 0. The van der Waals surface area contributed by atoms with Gasteiger partial charge in [0.1, 0.15) is 5.82 Å². The molecule has 1 aromatic rings. The number of alkyl halides is 2. The maximum Gasteiger partial charge on any atom is 0.319 e. The van der Waals surface area contributed by atoms with Crippen molar-refractivity contribution in [2.24, 2.45) is 5.92 Å². The molecule has 0 unspecified atom stereocenters. The lowest BCUT2D eigenvalue weighted by Crippen LogP contribution is -2.48. The van der Waals surface area contributed by atoms with Crippen LogP contribution in [0.15, 0.2) is 12.4 Å². The van der Waals surface area contributed by atoms with Crippen molar-refractivity contribution in [3.63, 3.8) is 0 Å². The van der Waals surface area contributed by atoms with E-state index in [1.54, 1.807) is 0 Å². The Labute approximate surface area is 142 Å². The third kappa shape index (κ3) is 5.11. The molecular formula is C15H26ClF2N5. The summed E-state index contributed by atoms with van der Waals surface area (Å²) in [5, 5.41) is 3.40. The highest BCUT2D eigenvalue weighted by Gasteiger charge is 2.22. The Morgan fingerprint density at radius 1 is 1.13 bits per heavy atom. The van der Waals surface area contributed by atoms with E-state index >= 15 is 0 Å². The Kier molecular flexibility index (Phi) is 7.20. The molecule has 0 radical (unpaired) electrons. The molecule has 0 spiro atoms. The van der Waals surface area contributed by atoms with E-state index < -0.39 is 6.55 Å². The Bertz CT molecular complexity index is 456. The summed E-state index contributed by atoms with van der Waals surface area (Å²) in [6.07, 6.45) is 5.35. The zero-order valence-corrected chi connectivity index (χ0v) is 14.1. The maximum atomic E-state index is 12.8. The fourth-order valence-electron chi connectivity index (χ4n) is 3.40. The summed E-state index contributed by atoms with van der Waals surface area (Å²) in [5.74, 6) is 1.27. The monoisotopic (exact) mass is 349 g/mol. The fourth-order valence-corrected chi connectivity index (χ4v) is 3.40. The van der Waals surface area contributed by atoms with Crippen LogP contribution < -0.4 is 5.32 Å². The maximum absolute atomic E-state index is 12.8. The van der Waals surface area contributed by atoms with Crippen LogP contribution in [-0.2, 0) is 6.54 Å². The fraction of sp³-hybridized carbons (Fsp3) is 0.800. The largest absolute Gasteiger partial charge is 0.319 e. The molecule has 0 atom stereocenters. The van der Waals surface area contributed by atoms with Crippen molar-refractivity contribution in [3.05, 3.63) is 18.2 Å². The van der Waals surface area contributed by atoms with Gasteiger partial charge < -0.3 is 10.2 Å². The first kappa shape index (κ1) is 18.6. The molecule has 0 saturated carbocycles. The molecule has 5 nitrogen and oxygen atoms in total. The van der Waals surface area contributed by atoms with Crippen molar-refractivity contribution in [1.29, 1.82) is 0 Å². The van der Waals surface area contributed by atoms with Gasteiger partial charge in [-0.2, -0.15) is 8.78 Å². The molecule has 3 heterocycles. The van der Waals surface area contributed by atoms with Crippen LogP contribution in [0.1, 0.15) is 25.2 Å². The van der Waals surface area contributed by atoms with Gasteiger partial charge in [0.25, 0.3) is 0 Å². The van der Waals surface area contributed by atoms with Gasteiger partial charge in [-0.1, -0.05) is 0 Å². The van der Waals surface area contributed by atoms with Gasteiger partial charge in [0.15, 0.2) is 0 Å². The highest BCUT2D eigenvalue weighted by Crippen LogP contribution is 2.17. The molecule has 1 N–H and O–H groups in total. The normalized spacial score (nSPS) is 21.5. The summed E-state index contributed by atoms with van der Waals surface area (Å²) >= 11 is 0. The van der Waals surface area contributed by atoms with Crippen molar-refractivity contribution in [2.45, 2.75) is 25.9 Å². The summed E-state index contributed by atoms with van der Waals surface area (Å²) in [4.78, 5) is 8.81. The molecule has 2 fully saturated rings. The second-order valence-corrected chi connectivity index (χ2v) is 6.30. The standard InChI is InChI=1S/C15H25F2N5.ClH/c16-15(17)22-6-5-19-14(22)12-21-9-7-20(8-10-21)11-13-1-3-18-4-2-13;/h5-6,13,15,18H,1-4,7-12H2;1H. The van der Waals surface area contributed by atoms with E-state index in [4.69, 9.17) is 0 Å². The van der Waals surface area contributed by atoms with Crippen molar-refractivity contribution in [3.8, 4) is 0 Å². The van der Waals surface area contributed by atoms with Crippen molar-refractivity contribution in [2.75, 3.05) is 45.8 Å². The number of halogens is 3. The lowest BCUT2D eigenvalue weighted by molar-refractivity contribution is 0.0594. The molecule has 0 bridgehead atoms. The number of aromatic nitrogens is 2. The van der Waals surface area contributed by atoms with E-state index in [0.29, 0.717) is 12.4 Å². The Balaban J connectivity index is 0.00000192. The number of hydrogen-bond donors (Lipinski definition) is 1. The summed E-state index contributed by atoms with van der Waals surface area (Å²) in [6, 6.07) is 0. The van der Waals surface area contributed by atoms with Crippen LogP contribution in [0.4, 0.5) is 8.78 Å². The van der Waals surface area contributed by atoms with Crippen LogP contribution in [0.3, 0.4) is 0 Å². The van der Waals surface area contributed by atoms with E-state index in [1.165, 1.54) is 31.8 Å². The second-order valence-electron chi connectivity index (χ2n) is 6.30. The van der Waals surface area contributed by atoms with E-state index in [1.807, 2.05) is 0 Å². The van der Waals surface area contributed by atoms with E-state index in [-0.39, 0.29) is 12.4 Å². The number of nitrogens with zero attached hydrogens (tertiary/aromatic N) is 4. The van der Waals surface area contributed by atoms with Gasteiger partial charge in [-0.25, -0.2) is 4.98 Å². The number of imidazole rings is 1. The summed E-state index contributed by atoms with van der Waals surface area (Å²) in [5.41, 5.74) is 0. The molecule has 2 aliphatic heterocycles. The minimum absolute atomic E-state index is 0. The number of rotatable bonds is 5. The Morgan fingerprint density at radius 3 is 2.43 bits per heavy atom. The third-order valence-electron chi connectivity index (χ3n) is 4.76. The van der Waals surface area contributed by atoms with Gasteiger partial charge >= 0.3 is 6.55 Å². The molecular weight excluding hydrogens is 324 g/mol. The molecule has 0 aliphatic carbocycles. The number of nitrogens with one attached hydrogen (secondary N) is 1. The van der Waals surface area contributed by atoms with Crippen LogP contribution >= 0.6 is 12.4 Å². The van der Waals surface area contributed by atoms with Gasteiger partial charge in [0.05, 0.1) is 6.54 Å². The average molecular weight is 350 g/mol. The Morgan fingerprint density at radius 2 is 1.78 bits per heavy atom. The van der Waals surface area contributed by atoms with Crippen LogP contribution in [0.25, 0.3) is 0 Å². The SMILES string of the molecule is Cl.FC(F)n1ccnc1CN1CCN(CC2CCNCC2)CC1. The molecule has 0 aromatic carbocycles. The first-order valence-corrected chi connectivity index (χ1v) is 8.17. The minimum atomic E-state index is -2.50. The van der Waals surface area contributed by atoms with Gasteiger partial charge in [-0.05, 0) is 31.8 Å². The average Bonchev–Trinajstić information content (AvgIpc) is 2.99. The van der Waals surface area contributed by atoms with Gasteiger partial charge in [-0.3, -0.25) is 9.47 Å². The highest BCUT2D eigenvalue weighted by atomic mass is 35.5. The first-order chi connectivity index (χ1) is 10.7. The molecule has 132 valence electrons. The predicted octanol–water partition coefficient (Wildman–Crippen LogP) is 1.82. The topological polar surface area (TPSA) is 36.3 Å². The molecule has 23 heavy (non-hydrogen) atoms. The molecule has 2 aliphatic rings. The van der Waals surface area contributed by atoms with Gasteiger partial charge in [0.2, 0.25) is 0 Å². The lowest BCUT2D eigenvalue weighted by atomic mass is 9.97. The highest BCUT2D eigenvalue weighted by molar-refractivity contribution is 5.85. The quantitative estimate of drug-likeness (QED) is 0.879. The summed E-state index contributed by atoms with van der Waals surface area (Å²) < 4.78 is 26.6. The summed E-state index contributed by atoms with van der Waals surface area (Å²) in [6.45, 7) is 5.39. The molecule has 2 saturated heterocycles. The van der Waals surface area contributed by atoms with Gasteiger partial charge in [-0.15, -0.1) is 12.4 Å². The van der Waals surface area contributed by atoms with E-state index in [2.05, 4.69) is 20.1 Å². The van der Waals surface area contributed by atoms with Crippen LogP contribution in [0.5, 0.6) is 0 Å². The smallest absolute Gasteiger partial charge is 0.317 e. The molecule has 3 rings (SSSR count). The lowest BCUT2D eigenvalue weighted by Gasteiger charge is -2.37. The third-order valence-corrected chi connectivity index (χ3v) is 4.76. The van der Waals surface area contributed by atoms with Crippen molar-refractivity contribution < 1.29 is 8.78 Å². The van der Waals surface area contributed by atoms with Gasteiger partial charge in [0, 0.05) is 45.1 Å². The Hall–Kier alpha value is -0.760. The van der Waals surface area contributed by atoms with Crippen LogP contribution in [0, 0.1) is 5.92 Å². The zero-order valence-electron chi connectivity index (χ0n) is 13.3. The van der Waals surface area contributed by atoms with E-state index in [9.17, 15) is 8.78 Å². The molecule has 8 heteroatoms. The van der Waals surface area contributed by atoms with Crippen molar-refractivity contribution in [1.82, 2.24) is 24.7 Å². The molecule has 1 aromatic heterocycles. The van der Waals surface area contributed by atoms with E-state index in [0.717, 1.165) is 49.8 Å². The zero-order chi connectivity index (χ0) is 15.4. The minimum Gasteiger partial charge on any atom is -0.317 e. The molecule has 0 amide bonds. The first-order valence-electron chi connectivity index (χ1n) is 8.17. The predicted molar refractivity (Wildman–Crippen MR) is 88.0 cm³/mol.